The van der Waals surface area contributed by atoms with E-state index in [0.717, 1.165) is 10.8 Å². The Morgan fingerprint density at radius 3 is 2.52 bits per heavy atom. The molecule has 0 spiro atoms. The minimum Gasteiger partial charge on any atom is -0.421 e. The van der Waals surface area contributed by atoms with E-state index < -0.39 is 11.5 Å². The number of para-hydroxylation sites is 1. The molecule has 0 saturated carbocycles. The van der Waals surface area contributed by atoms with Crippen LogP contribution in [-0.2, 0) is 0 Å². The van der Waals surface area contributed by atoms with E-state index in [0.29, 0.717) is 16.1 Å². The fourth-order valence-electron chi connectivity index (χ4n) is 2.79. The van der Waals surface area contributed by atoms with E-state index in [-0.39, 0.29) is 11.1 Å². The Morgan fingerprint density at radius 2 is 1.64 bits per heavy atom. The minimum absolute atomic E-state index is 0.0669. The van der Waals surface area contributed by atoms with Gasteiger partial charge in [0, 0.05) is 16.5 Å². The van der Waals surface area contributed by atoms with E-state index in [1.807, 2.05) is 36.4 Å². The summed E-state index contributed by atoms with van der Waals surface area (Å²) in [6.45, 7) is 0. The summed E-state index contributed by atoms with van der Waals surface area (Å²) < 4.78 is 5.22. The quantitative estimate of drug-likeness (QED) is 0.526. The highest BCUT2D eigenvalue weighted by molar-refractivity contribution is 6.34. The summed E-state index contributed by atoms with van der Waals surface area (Å²) in [4.78, 5) is 24.8. The molecule has 0 aliphatic carbocycles. The number of carbonyl (C=O) groups excluding carboxylic acids is 1. The molecule has 0 radical (unpaired) electrons. The lowest BCUT2D eigenvalue weighted by atomic mass is 10.1. The average Bonchev–Trinajstić information content (AvgIpc) is 2.62. The van der Waals surface area contributed by atoms with Crippen LogP contribution in [0.15, 0.2) is 75.9 Å². The van der Waals surface area contributed by atoms with Gasteiger partial charge in [0.25, 0.3) is 5.91 Å². The van der Waals surface area contributed by atoms with Crippen molar-refractivity contribution < 1.29 is 9.21 Å². The molecule has 3 aromatic carbocycles. The number of amides is 1. The third-order valence-corrected chi connectivity index (χ3v) is 4.29. The second kappa shape index (κ2) is 6.07. The van der Waals surface area contributed by atoms with Gasteiger partial charge in [-0.1, -0.05) is 60.1 Å². The average molecular weight is 350 g/mol. The number of benzene rings is 3. The van der Waals surface area contributed by atoms with Crippen molar-refractivity contribution in [2.75, 3.05) is 5.32 Å². The van der Waals surface area contributed by atoms with Gasteiger partial charge in [0.2, 0.25) is 0 Å². The summed E-state index contributed by atoms with van der Waals surface area (Å²) in [6, 6.07) is 19.9. The van der Waals surface area contributed by atoms with Crippen molar-refractivity contribution in [3.63, 3.8) is 0 Å². The maximum Gasteiger partial charge on any atom is 0.349 e. The van der Waals surface area contributed by atoms with Crippen molar-refractivity contribution in [2.24, 2.45) is 0 Å². The number of carbonyl (C=O) groups is 1. The van der Waals surface area contributed by atoms with E-state index in [9.17, 15) is 9.59 Å². The van der Waals surface area contributed by atoms with Crippen LogP contribution in [0, 0.1) is 0 Å². The van der Waals surface area contributed by atoms with E-state index in [2.05, 4.69) is 5.32 Å². The van der Waals surface area contributed by atoms with Crippen LogP contribution in [0.1, 0.15) is 10.4 Å². The third kappa shape index (κ3) is 2.77. The lowest BCUT2D eigenvalue weighted by molar-refractivity contribution is 0.102. The molecule has 25 heavy (non-hydrogen) atoms. The van der Waals surface area contributed by atoms with Crippen LogP contribution in [-0.4, -0.2) is 5.91 Å². The van der Waals surface area contributed by atoms with Gasteiger partial charge in [-0.2, -0.15) is 0 Å². The Morgan fingerprint density at radius 1 is 0.920 bits per heavy atom. The second-order valence-corrected chi connectivity index (χ2v) is 5.99. The molecule has 5 heteroatoms. The zero-order chi connectivity index (χ0) is 17.4. The van der Waals surface area contributed by atoms with E-state index >= 15 is 0 Å². The van der Waals surface area contributed by atoms with Crippen molar-refractivity contribution in [2.45, 2.75) is 0 Å². The summed E-state index contributed by atoms with van der Waals surface area (Å²) in [5, 5.41) is 5.60. The fraction of sp³-hybridized carbons (Fsp3) is 0. The van der Waals surface area contributed by atoms with Crippen LogP contribution in [0.5, 0.6) is 0 Å². The zero-order valence-corrected chi connectivity index (χ0v) is 13.7. The normalized spacial score (nSPS) is 10.9. The minimum atomic E-state index is -0.724. The molecule has 0 atom stereocenters. The van der Waals surface area contributed by atoms with Gasteiger partial charge in [-0.05, 0) is 23.6 Å². The molecule has 1 heterocycles. The van der Waals surface area contributed by atoms with E-state index in [1.54, 1.807) is 24.3 Å². The molecule has 4 aromatic rings. The summed E-state index contributed by atoms with van der Waals surface area (Å²) in [6.07, 6.45) is 0. The van der Waals surface area contributed by atoms with Gasteiger partial charge in [-0.3, -0.25) is 4.79 Å². The Kier molecular flexibility index (Phi) is 3.75. The van der Waals surface area contributed by atoms with Crippen LogP contribution < -0.4 is 10.9 Å². The molecule has 4 nitrogen and oxygen atoms in total. The molecule has 0 unspecified atom stereocenters. The molecule has 1 N–H and O–H groups in total. The number of hydrogen-bond donors (Lipinski definition) is 1. The Balaban J connectivity index is 1.77. The monoisotopic (exact) mass is 349 g/mol. The molecule has 0 bridgehead atoms. The van der Waals surface area contributed by atoms with E-state index in [1.165, 1.54) is 6.07 Å². The largest absolute Gasteiger partial charge is 0.421 e. The van der Waals surface area contributed by atoms with Gasteiger partial charge >= 0.3 is 5.63 Å². The highest BCUT2D eigenvalue weighted by Crippen LogP contribution is 2.25. The Labute approximate surface area is 147 Å². The molecule has 0 saturated heterocycles. The highest BCUT2D eigenvalue weighted by atomic mass is 35.5. The third-order valence-electron chi connectivity index (χ3n) is 3.99. The van der Waals surface area contributed by atoms with Gasteiger partial charge < -0.3 is 9.73 Å². The van der Waals surface area contributed by atoms with Crippen LogP contribution in [0.2, 0.25) is 5.02 Å². The molecule has 0 aliphatic heterocycles. The Hall–Kier alpha value is -3.11. The smallest absolute Gasteiger partial charge is 0.349 e. The number of hydrogen-bond acceptors (Lipinski definition) is 3. The van der Waals surface area contributed by atoms with Crippen LogP contribution in [0.4, 0.5) is 5.69 Å². The summed E-state index contributed by atoms with van der Waals surface area (Å²) in [7, 11) is 0. The maximum atomic E-state index is 12.6. The topological polar surface area (TPSA) is 59.3 Å². The van der Waals surface area contributed by atoms with Gasteiger partial charge in [-0.25, -0.2) is 4.79 Å². The van der Waals surface area contributed by atoms with Crippen molar-refractivity contribution in [3.8, 4) is 0 Å². The predicted molar refractivity (Wildman–Crippen MR) is 99.4 cm³/mol. The first kappa shape index (κ1) is 15.4. The highest BCUT2D eigenvalue weighted by Gasteiger charge is 2.16. The number of halogens is 1. The van der Waals surface area contributed by atoms with Crippen molar-refractivity contribution in [1.82, 2.24) is 0 Å². The molecule has 0 fully saturated rings. The SMILES string of the molecule is O=C(Nc1cccc2ccccc12)c1cc2cccc(Cl)c2oc1=O. The van der Waals surface area contributed by atoms with Crippen LogP contribution in [0.3, 0.4) is 0 Å². The van der Waals surface area contributed by atoms with Crippen LogP contribution >= 0.6 is 11.6 Å². The second-order valence-electron chi connectivity index (χ2n) is 5.59. The standard InChI is InChI=1S/C20H12ClNO3/c21-16-9-3-7-13-11-15(20(24)25-18(13)16)19(23)22-17-10-4-6-12-5-1-2-8-14(12)17/h1-11H,(H,22,23). The summed E-state index contributed by atoms with van der Waals surface area (Å²) in [5.41, 5.74) is 0.116. The lowest BCUT2D eigenvalue weighted by Crippen LogP contribution is -2.20. The van der Waals surface area contributed by atoms with E-state index in [4.69, 9.17) is 16.0 Å². The summed E-state index contributed by atoms with van der Waals surface area (Å²) >= 11 is 6.02. The van der Waals surface area contributed by atoms with Gasteiger partial charge in [-0.15, -0.1) is 0 Å². The number of nitrogens with one attached hydrogen (secondary N) is 1. The van der Waals surface area contributed by atoms with Gasteiger partial charge in [0.15, 0.2) is 5.58 Å². The first-order valence-corrected chi connectivity index (χ1v) is 8.03. The van der Waals surface area contributed by atoms with Gasteiger partial charge in [0.1, 0.15) is 5.56 Å². The first-order valence-electron chi connectivity index (χ1n) is 7.65. The van der Waals surface area contributed by atoms with Crippen molar-refractivity contribution >= 4 is 44.9 Å². The fourth-order valence-corrected chi connectivity index (χ4v) is 3.01. The van der Waals surface area contributed by atoms with Crippen LogP contribution in [0.25, 0.3) is 21.7 Å². The predicted octanol–water partition coefficient (Wildman–Crippen LogP) is 4.85. The molecule has 122 valence electrons. The first-order chi connectivity index (χ1) is 12.1. The Bertz CT molecular complexity index is 1180. The molecular formula is C20H12ClNO3. The molecule has 4 rings (SSSR count). The summed E-state index contributed by atoms with van der Waals surface area (Å²) in [5.74, 6) is -0.521. The zero-order valence-electron chi connectivity index (χ0n) is 13.0. The van der Waals surface area contributed by atoms with Crippen molar-refractivity contribution in [3.05, 3.63) is 87.7 Å². The number of anilines is 1. The maximum absolute atomic E-state index is 12.6. The lowest BCUT2D eigenvalue weighted by Gasteiger charge is -2.08. The molecule has 1 aromatic heterocycles. The molecule has 1 amide bonds. The molecular weight excluding hydrogens is 338 g/mol. The molecule has 0 aliphatic rings. The number of rotatable bonds is 2. The van der Waals surface area contributed by atoms with Crippen molar-refractivity contribution in [1.29, 1.82) is 0 Å². The number of fused-ring (bicyclic) bond motifs is 2. The van der Waals surface area contributed by atoms with Gasteiger partial charge in [0.05, 0.1) is 5.02 Å².